The smallest absolute Gasteiger partial charge is 0.341 e. The van der Waals surface area contributed by atoms with Crippen molar-refractivity contribution in [3.05, 3.63) is 54.2 Å². The Kier molecular flexibility index (Phi) is 6.20. The first kappa shape index (κ1) is 19.1. The van der Waals surface area contributed by atoms with Crippen molar-refractivity contribution in [1.29, 1.82) is 0 Å². The van der Waals surface area contributed by atoms with E-state index < -0.39 is 0 Å². The molecule has 2 N–H and O–H groups in total. The molecule has 6 nitrogen and oxygen atoms in total. The molecule has 0 aliphatic rings. The number of aromatic nitrogens is 2. The van der Waals surface area contributed by atoms with Crippen LogP contribution < -0.4 is 10.6 Å². The maximum Gasteiger partial charge on any atom is 0.341 e. The van der Waals surface area contributed by atoms with E-state index in [9.17, 15) is 4.79 Å². The van der Waals surface area contributed by atoms with Gasteiger partial charge >= 0.3 is 5.97 Å². The second-order valence-corrected chi connectivity index (χ2v) is 7.04. The minimum atomic E-state index is -0.378. The van der Waals surface area contributed by atoms with Crippen LogP contribution >= 0.6 is 23.6 Å². The van der Waals surface area contributed by atoms with E-state index in [0.29, 0.717) is 28.1 Å². The summed E-state index contributed by atoms with van der Waals surface area (Å²) in [6.07, 6.45) is 1.87. The first-order valence-electron chi connectivity index (χ1n) is 8.58. The number of thiophene rings is 1. The topological polar surface area (TPSA) is 68.2 Å². The van der Waals surface area contributed by atoms with E-state index in [2.05, 4.69) is 15.7 Å². The van der Waals surface area contributed by atoms with E-state index in [1.807, 2.05) is 55.6 Å². The highest BCUT2D eigenvalue weighted by Crippen LogP contribution is 2.36. The summed E-state index contributed by atoms with van der Waals surface area (Å²) in [6, 6.07) is 13.5. The molecule has 140 valence electrons. The van der Waals surface area contributed by atoms with Crippen LogP contribution in [0.5, 0.6) is 0 Å². The maximum atomic E-state index is 12.4. The fraction of sp³-hybridized carbons (Fsp3) is 0.211. The summed E-state index contributed by atoms with van der Waals surface area (Å²) >= 11 is 6.83. The summed E-state index contributed by atoms with van der Waals surface area (Å²) < 4.78 is 6.98. The fourth-order valence-corrected chi connectivity index (χ4v) is 3.77. The largest absolute Gasteiger partial charge is 0.462 e. The second-order valence-electron chi connectivity index (χ2n) is 5.58. The fourth-order valence-electron chi connectivity index (χ4n) is 2.44. The van der Waals surface area contributed by atoms with Crippen molar-refractivity contribution in [3.8, 4) is 10.4 Å². The van der Waals surface area contributed by atoms with Gasteiger partial charge in [-0.1, -0.05) is 30.3 Å². The monoisotopic (exact) mass is 400 g/mol. The van der Waals surface area contributed by atoms with Crippen LogP contribution in [0.2, 0.25) is 0 Å². The van der Waals surface area contributed by atoms with Gasteiger partial charge in [-0.3, -0.25) is 4.68 Å². The highest BCUT2D eigenvalue weighted by Gasteiger charge is 2.19. The minimum Gasteiger partial charge on any atom is -0.462 e. The zero-order chi connectivity index (χ0) is 19.2. The van der Waals surface area contributed by atoms with Crippen molar-refractivity contribution >= 4 is 45.5 Å². The average Bonchev–Trinajstić information content (AvgIpc) is 3.29. The molecular weight excluding hydrogens is 380 g/mol. The predicted molar refractivity (Wildman–Crippen MR) is 113 cm³/mol. The molecule has 3 aromatic rings. The molecule has 27 heavy (non-hydrogen) atoms. The Balaban J connectivity index is 1.82. The van der Waals surface area contributed by atoms with Crippen LogP contribution in [0, 0.1) is 0 Å². The molecule has 0 fully saturated rings. The molecule has 0 aliphatic carbocycles. The highest BCUT2D eigenvalue weighted by atomic mass is 32.1. The van der Waals surface area contributed by atoms with E-state index in [-0.39, 0.29) is 5.97 Å². The number of thiocarbonyl (C=S) groups is 1. The van der Waals surface area contributed by atoms with Crippen molar-refractivity contribution in [2.75, 3.05) is 17.2 Å². The van der Waals surface area contributed by atoms with Gasteiger partial charge in [-0.2, -0.15) is 5.10 Å². The van der Waals surface area contributed by atoms with Gasteiger partial charge in [0.1, 0.15) is 5.00 Å². The number of hydrogen-bond acceptors (Lipinski definition) is 5. The van der Waals surface area contributed by atoms with Gasteiger partial charge in [-0.15, -0.1) is 11.3 Å². The molecule has 2 aromatic heterocycles. The molecule has 8 heteroatoms. The van der Waals surface area contributed by atoms with Gasteiger partial charge in [0.05, 0.1) is 12.2 Å². The van der Waals surface area contributed by atoms with E-state index >= 15 is 0 Å². The Morgan fingerprint density at radius 1 is 1.22 bits per heavy atom. The molecule has 0 spiro atoms. The van der Waals surface area contributed by atoms with E-state index in [1.165, 1.54) is 11.3 Å². The number of hydrogen-bond donors (Lipinski definition) is 2. The Hall–Kier alpha value is -2.71. The molecule has 0 atom stereocenters. The summed E-state index contributed by atoms with van der Waals surface area (Å²) in [5.41, 5.74) is 1.49. The second kappa shape index (κ2) is 8.79. The number of benzene rings is 1. The van der Waals surface area contributed by atoms with Gasteiger partial charge in [0.25, 0.3) is 0 Å². The van der Waals surface area contributed by atoms with Crippen LogP contribution in [0.1, 0.15) is 24.2 Å². The lowest BCUT2D eigenvalue weighted by atomic mass is 10.1. The molecule has 0 aliphatic heterocycles. The Morgan fingerprint density at radius 2 is 2.00 bits per heavy atom. The molecule has 3 rings (SSSR count). The number of nitrogens with one attached hydrogen (secondary N) is 2. The Labute approximate surface area is 167 Å². The average molecular weight is 401 g/mol. The van der Waals surface area contributed by atoms with E-state index in [0.717, 1.165) is 17.0 Å². The summed E-state index contributed by atoms with van der Waals surface area (Å²) in [7, 11) is 0. The van der Waals surface area contributed by atoms with Crippen LogP contribution in [-0.2, 0) is 11.3 Å². The van der Waals surface area contributed by atoms with Gasteiger partial charge in [-0.25, -0.2) is 4.79 Å². The Morgan fingerprint density at radius 3 is 2.67 bits per heavy atom. The maximum absolute atomic E-state index is 12.4. The van der Waals surface area contributed by atoms with Crippen molar-refractivity contribution in [2.45, 2.75) is 20.4 Å². The molecule has 0 radical (unpaired) electrons. The third kappa shape index (κ3) is 4.72. The van der Waals surface area contributed by atoms with Crippen LogP contribution in [-0.4, -0.2) is 27.5 Å². The standard InChI is InChI=1S/C19H20N4O2S2/c1-3-23-11-10-16(22-23)20-19(26)21-17-14(18(24)25-4-2)12-15(27-17)13-8-6-5-7-9-13/h5-12H,3-4H2,1-2H3,(H2,20,21,22,26). The first-order valence-corrected chi connectivity index (χ1v) is 9.81. The summed E-state index contributed by atoms with van der Waals surface area (Å²) in [5.74, 6) is 0.267. The molecule has 0 saturated carbocycles. The summed E-state index contributed by atoms with van der Waals surface area (Å²) in [4.78, 5) is 13.3. The van der Waals surface area contributed by atoms with Crippen LogP contribution in [0.15, 0.2) is 48.7 Å². The van der Waals surface area contributed by atoms with Crippen molar-refractivity contribution in [3.63, 3.8) is 0 Å². The molecule has 0 unspecified atom stereocenters. The van der Waals surface area contributed by atoms with Gasteiger partial charge in [0.2, 0.25) is 0 Å². The van der Waals surface area contributed by atoms with Gasteiger partial charge < -0.3 is 15.4 Å². The lowest BCUT2D eigenvalue weighted by Crippen LogP contribution is -2.20. The zero-order valence-corrected chi connectivity index (χ0v) is 16.7. The van der Waals surface area contributed by atoms with Gasteiger partial charge in [-0.05, 0) is 37.7 Å². The quantitative estimate of drug-likeness (QED) is 0.465. The number of esters is 1. The van der Waals surface area contributed by atoms with Crippen LogP contribution in [0.3, 0.4) is 0 Å². The molecule has 0 bridgehead atoms. The minimum absolute atomic E-state index is 0.311. The third-order valence-corrected chi connectivity index (χ3v) is 5.02. The van der Waals surface area contributed by atoms with Crippen molar-refractivity contribution in [1.82, 2.24) is 9.78 Å². The van der Waals surface area contributed by atoms with Crippen LogP contribution in [0.25, 0.3) is 10.4 Å². The summed E-state index contributed by atoms with van der Waals surface area (Å²) in [5, 5.41) is 11.5. The number of rotatable bonds is 6. The Bertz CT molecular complexity index is 934. The van der Waals surface area contributed by atoms with Crippen molar-refractivity contribution in [2.24, 2.45) is 0 Å². The molecule has 1 aromatic carbocycles. The molecular formula is C19H20N4O2S2. The molecule has 2 heterocycles. The first-order chi connectivity index (χ1) is 13.1. The normalized spacial score (nSPS) is 10.4. The lowest BCUT2D eigenvalue weighted by molar-refractivity contribution is 0.0528. The molecule has 0 saturated heterocycles. The lowest BCUT2D eigenvalue weighted by Gasteiger charge is -2.08. The highest BCUT2D eigenvalue weighted by molar-refractivity contribution is 7.80. The van der Waals surface area contributed by atoms with Gasteiger partial charge in [0.15, 0.2) is 10.9 Å². The van der Waals surface area contributed by atoms with Gasteiger partial charge in [0, 0.05) is 23.7 Å². The SMILES string of the molecule is CCOC(=O)c1cc(-c2ccccc2)sc1NC(=S)Nc1ccn(CC)n1. The summed E-state index contributed by atoms with van der Waals surface area (Å²) in [6.45, 7) is 4.88. The number of anilines is 2. The molecule has 0 amide bonds. The number of carbonyl (C=O) groups excluding carboxylic acids is 1. The number of aryl methyl sites for hydroxylation is 1. The zero-order valence-electron chi connectivity index (χ0n) is 15.1. The third-order valence-electron chi connectivity index (χ3n) is 3.72. The number of nitrogens with zero attached hydrogens (tertiary/aromatic N) is 2. The van der Waals surface area contributed by atoms with E-state index in [1.54, 1.807) is 11.6 Å². The van der Waals surface area contributed by atoms with Crippen molar-refractivity contribution < 1.29 is 9.53 Å². The predicted octanol–water partition coefficient (Wildman–Crippen LogP) is 4.62. The number of carbonyl (C=O) groups is 1. The van der Waals surface area contributed by atoms with Crippen LogP contribution in [0.4, 0.5) is 10.8 Å². The number of ether oxygens (including phenoxy) is 1. The van der Waals surface area contributed by atoms with E-state index in [4.69, 9.17) is 17.0 Å².